The third-order valence-corrected chi connectivity index (χ3v) is 3.48. The minimum absolute atomic E-state index is 0.0444. The number of halogens is 1. The summed E-state index contributed by atoms with van der Waals surface area (Å²) in [6.07, 6.45) is 0.283. The second-order valence-electron chi connectivity index (χ2n) is 4.84. The molecule has 1 rings (SSSR count). The Morgan fingerprint density at radius 2 is 2.00 bits per heavy atom. The van der Waals surface area contributed by atoms with Gasteiger partial charge < -0.3 is 15.4 Å². The molecule has 18 heavy (non-hydrogen) atoms. The maximum atomic E-state index is 5.89. The lowest BCUT2D eigenvalue weighted by atomic mass is 10.1. The highest BCUT2D eigenvalue weighted by Gasteiger charge is 2.08. The molecule has 0 heterocycles. The average Bonchev–Trinajstić information content (AvgIpc) is 2.27. The van der Waals surface area contributed by atoms with Crippen molar-refractivity contribution in [3.8, 4) is 0 Å². The quantitative estimate of drug-likeness (QED) is 0.875. The number of nitrogens with zero attached hydrogens (tertiary/aromatic N) is 1. The van der Waals surface area contributed by atoms with Crippen molar-refractivity contribution in [2.24, 2.45) is 5.73 Å². The van der Waals surface area contributed by atoms with Crippen LogP contribution in [0.1, 0.15) is 32.4 Å². The van der Waals surface area contributed by atoms with Gasteiger partial charge in [0.25, 0.3) is 0 Å². The van der Waals surface area contributed by atoms with Crippen molar-refractivity contribution in [2.45, 2.75) is 32.9 Å². The van der Waals surface area contributed by atoms with Crippen molar-refractivity contribution in [3.63, 3.8) is 0 Å². The number of rotatable bonds is 6. The molecular weight excluding hydrogens is 292 g/mol. The summed E-state index contributed by atoms with van der Waals surface area (Å²) in [6.45, 7) is 7.70. The fourth-order valence-corrected chi connectivity index (χ4v) is 2.40. The molecule has 0 bridgehead atoms. The van der Waals surface area contributed by atoms with Gasteiger partial charge in [-0.3, -0.25) is 0 Å². The summed E-state index contributed by atoms with van der Waals surface area (Å²) in [6, 6.07) is 6.32. The van der Waals surface area contributed by atoms with Crippen LogP contribution in [0.3, 0.4) is 0 Å². The topological polar surface area (TPSA) is 38.5 Å². The van der Waals surface area contributed by atoms with Gasteiger partial charge in [-0.2, -0.15) is 0 Å². The standard InChI is InChI=1S/C14H23BrN2O/c1-10(2)18-8-7-17(4)12-5-6-13(11(3)16)14(15)9-12/h5-6,9-11H,7-8,16H2,1-4H3. The zero-order chi connectivity index (χ0) is 13.7. The molecule has 1 aromatic carbocycles. The number of benzene rings is 1. The number of nitrogens with two attached hydrogens (primary N) is 1. The Morgan fingerprint density at radius 1 is 1.33 bits per heavy atom. The van der Waals surface area contributed by atoms with Gasteiger partial charge in [0.15, 0.2) is 0 Å². The molecule has 3 nitrogen and oxygen atoms in total. The Labute approximate surface area is 118 Å². The third-order valence-electron chi connectivity index (χ3n) is 2.79. The van der Waals surface area contributed by atoms with E-state index in [9.17, 15) is 0 Å². The molecule has 0 fully saturated rings. The molecule has 1 unspecified atom stereocenters. The smallest absolute Gasteiger partial charge is 0.0644 e. The van der Waals surface area contributed by atoms with Gasteiger partial charge in [-0.25, -0.2) is 0 Å². The highest BCUT2D eigenvalue weighted by molar-refractivity contribution is 9.10. The van der Waals surface area contributed by atoms with E-state index >= 15 is 0 Å². The summed E-state index contributed by atoms with van der Waals surface area (Å²) in [5.74, 6) is 0. The van der Waals surface area contributed by atoms with Crippen LogP contribution in [0.25, 0.3) is 0 Å². The molecule has 0 saturated heterocycles. The van der Waals surface area contributed by atoms with Gasteiger partial charge in [0.1, 0.15) is 0 Å². The normalized spacial score (nSPS) is 12.8. The lowest BCUT2D eigenvalue weighted by molar-refractivity contribution is 0.0846. The lowest BCUT2D eigenvalue weighted by Gasteiger charge is -2.21. The number of likely N-dealkylation sites (N-methyl/N-ethyl adjacent to an activating group) is 1. The first kappa shape index (κ1) is 15.5. The fourth-order valence-electron chi connectivity index (χ4n) is 1.68. The van der Waals surface area contributed by atoms with Crippen LogP contribution >= 0.6 is 15.9 Å². The van der Waals surface area contributed by atoms with E-state index in [0.717, 1.165) is 23.2 Å². The molecule has 0 radical (unpaired) electrons. The van der Waals surface area contributed by atoms with Crippen molar-refractivity contribution < 1.29 is 4.74 Å². The van der Waals surface area contributed by atoms with Gasteiger partial charge in [0.05, 0.1) is 12.7 Å². The van der Waals surface area contributed by atoms with Crippen LogP contribution in [0.4, 0.5) is 5.69 Å². The Kier molecular flexibility index (Phi) is 6.12. The van der Waals surface area contributed by atoms with Crippen LogP contribution in [-0.2, 0) is 4.74 Å². The molecule has 2 N–H and O–H groups in total. The largest absolute Gasteiger partial charge is 0.377 e. The fraction of sp³-hybridized carbons (Fsp3) is 0.571. The van der Waals surface area contributed by atoms with Crippen molar-refractivity contribution in [1.29, 1.82) is 0 Å². The van der Waals surface area contributed by atoms with Gasteiger partial charge in [-0.05, 0) is 38.5 Å². The Balaban J connectivity index is 2.63. The van der Waals surface area contributed by atoms with Crippen molar-refractivity contribution >= 4 is 21.6 Å². The minimum atomic E-state index is 0.0444. The van der Waals surface area contributed by atoms with Crippen LogP contribution < -0.4 is 10.6 Å². The van der Waals surface area contributed by atoms with Gasteiger partial charge in [0, 0.05) is 29.8 Å². The first-order chi connectivity index (χ1) is 8.41. The Hall–Kier alpha value is -0.580. The van der Waals surface area contributed by atoms with Crippen LogP contribution in [0.5, 0.6) is 0 Å². The second kappa shape index (κ2) is 7.12. The zero-order valence-corrected chi connectivity index (χ0v) is 13.2. The van der Waals surface area contributed by atoms with Crippen molar-refractivity contribution in [2.75, 3.05) is 25.1 Å². The monoisotopic (exact) mass is 314 g/mol. The van der Waals surface area contributed by atoms with Gasteiger partial charge in [0.2, 0.25) is 0 Å². The van der Waals surface area contributed by atoms with Crippen LogP contribution in [0.2, 0.25) is 0 Å². The third kappa shape index (κ3) is 4.59. The maximum absolute atomic E-state index is 5.89. The Bertz CT molecular complexity index is 380. The molecular formula is C14H23BrN2O. The predicted molar refractivity (Wildman–Crippen MR) is 81.1 cm³/mol. The molecule has 102 valence electrons. The molecule has 1 aromatic rings. The van der Waals surface area contributed by atoms with E-state index in [4.69, 9.17) is 10.5 Å². The maximum Gasteiger partial charge on any atom is 0.0644 e. The molecule has 0 saturated carbocycles. The lowest BCUT2D eigenvalue weighted by Crippen LogP contribution is -2.24. The van der Waals surface area contributed by atoms with Gasteiger partial charge in [-0.15, -0.1) is 0 Å². The SMILES string of the molecule is CC(C)OCCN(C)c1ccc(C(C)N)c(Br)c1. The van der Waals surface area contributed by atoms with Gasteiger partial charge in [-0.1, -0.05) is 22.0 Å². The summed E-state index contributed by atoms with van der Waals surface area (Å²) < 4.78 is 6.61. The molecule has 0 spiro atoms. The average molecular weight is 315 g/mol. The molecule has 4 heteroatoms. The van der Waals surface area contributed by atoms with Gasteiger partial charge >= 0.3 is 0 Å². The predicted octanol–water partition coefficient (Wildman–Crippen LogP) is 3.33. The molecule has 1 atom stereocenters. The number of hydrogen-bond donors (Lipinski definition) is 1. The van der Waals surface area contributed by atoms with Crippen LogP contribution in [0, 0.1) is 0 Å². The van der Waals surface area contributed by atoms with E-state index in [0.29, 0.717) is 0 Å². The summed E-state index contributed by atoms with van der Waals surface area (Å²) in [4.78, 5) is 2.18. The van der Waals surface area contributed by atoms with Crippen molar-refractivity contribution in [3.05, 3.63) is 28.2 Å². The van der Waals surface area contributed by atoms with E-state index in [1.807, 2.05) is 20.8 Å². The summed E-state index contributed by atoms with van der Waals surface area (Å²) in [5.41, 5.74) is 8.19. The second-order valence-corrected chi connectivity index (χ2v) is 5.69. The first-order valence-electron chi connectivity index (χ1n) is 6.29. The zero-order valence-electron chi connectivity index (χ0n) is 11.6. The molecule has 0 aliphatic rings. The number of ether oxygens (including phenoxy) is 1. The number of hydrogen-bond acceptors (Lipinski definition) is 3. The molecule has 0 aliphatic heterocycles. The number of anilines is 1. The van der Waals surface area contributed by atoms with E-state index in [1.54, 1.807) is 0 Å². The molecule has 0 amide bonds. The van der Waals surface area contributed by atoms with E-state index < -0.39 is 0 Å². The van der Waals surface area contributed by atoms with Crippen LogP contribution in [-0.4, -0.2) is 26.3 Å². The van der Waals surface area contributed by atoms with E-state index in [2.05, 4.69) is 46.1 Å². The Morgan fingerprint density at radius 3 is 2.50 bits per heavy atom. The van der Waals surface area contributed by atoms with E-state index in [1.165, 1.54) is 5.69 Å². The van der Waals surface area contributed by atoms with E-state index in [-0.39, 0.29) is 12.1 Å². The first-order valence-corrected chi connectivity index (χ1v) is 7.09. The highest BCUT2D eigenvalue weighted by atomic mass is 79.9. The summed E-state index contributed by atoms with van der Waals surface area (Å²) in [7, 11) is 2.07. The molecule has 0 aliphatic carbocycles. The minimum Gasteiger partial charge on any atom is -0.377 e. The van der Waals surface area contributed by atoms with Crippen LogP contribution in [0.15, 0.2) is 22.7 Å². The summed E-state index contributed by atoms with van der Waals surface area (Å²) >= 11 is 3.57. The highest BCUT2D eigenvalue weighted by Crippen LogP contribution is 2.26. The molecule has 0 aromatic heterocycles. The summed E-state index contributed by atoms with van der Waals surface area (Å²) in [5, 5.41) is 0. The van der Waals surface area contributed by atoms with Crippen molar-refractivity contribution in [1.82, 2.24) is 0 Å².